The topological polar surface area (TPSA) is 66.8 Å². The van der Waals surface area contributed by atoms with Crippen LogP contribution in [-0.4, -0.2) is 77.2 Å². The number of amides is 1. The summed E-state index contributed by atoms with van der Waals surface area (Å²) >= 11 is 0. The Hall–Kier alpha value is -0.100. The van der Waals surface area contributed by atoms with Gasteiger partial charge >= 0.3 is 5.97 Å². The van der Waals surface area contributed by atoms with E-state index in [1.807, 2.05) is 0 Å². The summed E-state index contributed by atoms with van der Waals surface area (Å²) in [5.41, 5.74) is 0. The Morgan fingerprint density at radius 2 is 1.93 bits per heavy atom. The number of rotatable bonds is 14. The second kappa shape index (κ2) is 16.8. The Morgan fingerprint density at radius 1 is 1.19 bits per heavy atom. The molecule has 1 radical (unpaired) electrons. The van der Waals surface area contributed by atoms with Crippen molar-refractivity contribution in [3.63, 3.8) is 0 Å². The molecule has 1 amide bonds. The van der Waals surface area contributed by atoms with Gasteiger partial charge in [0.05, 0.1) is 13.2 Å². The molecule has 0 aromatic carbocycles. The van der Waals surface area contributed by atoms with E-state index in [2.05, 4.69) is 16.6 Å². The number of aliphatic hydroxyl groups is 1. The van der Waals surface area contributed by atoms with Gasteiger partial charge in [-0.25, -0.2) is 0 Å². The molecule has 0 spiro atoms. The summed E-state index contributed by atoms with van der Waals surface area (Å²) in [4.78, 5) is 25.5. The number of piperidine rings is 1. The van der Waals surface area contributed by atoms with Crippen LogP contribution in [0.5, 0.6) is 0 Å². The van der Waals surface area contributed by atoms with Crippen LogP contribution >= 0.6 is 0 Å². The van der Waals surface area contributed by atoms with E-state index in [4.69, 9.17) is 0 Å². The van der Waals surface area contributed by atoms with Gasteiger partial charge in [-0.15, -0.1) is 0 Å². The molecule has 0 bridgehead atoms. The van der Waals surface area contributed by atoms with Gasteiger partial charge in [0.2, 0.25) is 5.91 Å². The van der Waals surface area contributed by atoms with Crippen molar-refractivity contribution in [1.82, 2.24) is 4.90 Å². The Labute approximate surface area is 187 Å². The van der Waals surface area contributed by atoms with Gasteiger partial charge in [0.25, 0.3) is 0 Å². The maximum absolute atomic E-state index is 12.3. The van der Waals surface area contributed by atoms with E-state index in [1.165, 1.54) is 20.0 Å². The van der Waals surface area contributed by atoms with E-state index >= 15 is 0 Å². The normalized spacial score (nSPS) is 18.1. The van der Waals surface area contributed by atoms with Crippen molar-refractivity contribution >= 4 is 41.4 Å². The molecule has 2 atom stereocenters. The molecule has 6 heteroatoms. The van der Waals surface area contributed by atoms with Crippen LogP contribution in [0.1, 0.15) is 96.8 Å². The van der Waals surface area contributed by atoms with Crippen LogP contribution in [-0.2, 0) is 14.3 Å². The van der Waals surface area contributed by atoms with Gasteiger partial charge in [0.15, 0.2) is 0 Å². The average molecular weight is 393 g/mol. The van der Waals surface area contributed by atoms with Crippen LogP contribution in [0.15, 0.2) is 0 Å². The second-order valence-electron chi connectivity index (χ2n) is 7.60. The van der Waals surface area contributed by atoms with Crippen molar-refractivity contribution in [1.29, 1.82) is 0 Å². The summed E-state index contributed by atoms with van der Waals surface area (Å²) in [6.45, 7) is 2.99. The molecule has 1 saturated heterocycles. The minimum atomic E-state index is -0.223. The van der Waals surface area contributed by atoms with Crippen LogP contribution in [0.3, 0.4) is 0 Å². The zero-order valence-corrected chi connectivity index (χ0v) is 19.9. The maximum Gasteiger partial charge on any atom is 0.305 e. The fourth-order valence-corrected chi connectivity index (χ4v) is 3.77. The fraction of sp³-hybridized carbons (Fsp3) is 0.905. The molecule has 1 N–H and O–H groups in total. The number of aliphatic hydroxyl groups excluding tert-OH is 1. The Morgan fingerprint density at radius 3 is 2.63 bits per heavy atom. The Bertz CT molecular complexity index is 406. The van der Waals surface area contributed by atoms with Crippen molar-refractivity contribution in [3.8, 4) is 0 Å². The van der Waals surface area contributed by atoms with E-state index in [0.29, 0.717) is 18.9 Å². The first-order valence-electron chi connectivity index (χ1n) is 10.6. The minimum Gasteiger partial charge on any atom is -0.469 e. The SMILES string of the molecule is CCCCCC(O)CCC1CCCC(=O)N1CCCCCCC(=O)OC.[Na]. The molecule has 0 aromatic rings. The van der Waals surface area contributed by atoms with Crippen molar-refractivity contribution in [2.75, 3.05) is 13.7 Å². The number of carbonyl (C=O) groups excluding carboxylic acids is 2. The molecular weight excluding hydrogens is 353 g/mol. The first kappa shape index (κ1) is 26.9. The van der Waals surface area contributed by atoms with Crippen LogP contribution in [0.2, 0.25) is 0 Å². The van der Waals surface area contributed by atoms with Crippen molar-refractivity contribution in [2.24, 2.45) is 0 Å². The number of carbonyl (C=O) groups is 2. The van der Waals surface area contributed by atoms with Gasteiger partial charge in [0, 0.05) is 55.0 Å². The van der Waals surface area contributed by atoms with Gasteiger partial charge < -0.3 is 14.7 Å². The molecule has 153 valence electrons. The van der Waals surface area contributed by atoms with Crippen LogP contribution in [0.4, 0.5) is 0 Å². The summed E-state index contributed by atoms with van der Waals surface area (Å²) in [7, 11) is 1.42. The fourth-order valence-electron chi connectivity index (χ4n) is 3.77. The van der Waals surface area contributed by atoms with Crippen molar-refractivity contribution in [3.05, 3.63) is 0 Å². The van der Waals surface area contributed by atoms with Crippen LogP contribution in [0.25, 0.3) is 0 Å². The summed E-state index contributed by atoms with van der Waals surface area (Å²) < 4.78 is 4.64. The quantitative estimate of drug-likeness (QED) is 0.277. The summed E-state index contributed by atoms with van der Waals surface area (Å²) in [6.07, 6.45) is 12.9. The molecule has 27 heavy (non-hydrogen) atoms. The van der Waals surface area contributed by atoms with Crippen LogP contribution < -0.4 is 0 Å². The molecule has 1 fully saturated rings. The van der Waals surface area contributed by atoms with Crippen molar-refractivity contribution < 1.29 is 19.4 Å². The number of nitrogens with zero attached hydrogens (tertiary/aromatic N) is 1. The number of likely N-dealkylation sites (tertiary alicyclic amines) is 1. The summed E-state index contributed by atoms with van der Waals surface area (Å²) in [5, 5.41) is 10.2. The molecule has 1 heterocycles. The predicted octanol–water partition coefficient (Wildman–Crippen LogP) is 3.83. The number of unbranched alkanes of at least 4 members (excludes halogenated alkanes) is 5. The zero-order chi connectivity index (χ0) is 19.2. The van der Waals surface area contributed by atoms with Gasteiger partial charge in [-0.3, -0.25) is 9.59 Å². The van der Waals surface area contributed by atoms with Crippen molar-refractivity contribution in [2.45, 2.75) is 109 Å². The third-order valence-electron chi connectivity index (χ3n) is 5.42. The number of hydrogen-bond donors (Lipinski definition) is 1. The molecular formula is C21H39NNaO4. The number of hydrogen-bond acceptors (Lipinski definition) is 4. The molecule has 1 aliphatic rings. The second-order valence-corrected chi connectivity index (χ2v) is 7.60. The molecule has 0 aliphatic carbocycles. The maximum atomic E-state index is 12.3. The standard InChI is InChI=1S/C21H39NO4.Na/c1-3-4-7-12-19(23)16-15-18-11-10-13-20(24)22(18)17-9-6-5-8-14-21(25)26-2;/h18-19,23H,3-17H2,1-2H3;. The molecule has 2 unspecified atom stereocenters. The molecule has 5 nitrogen and oxygen atoms in total. The number of esters is 1. The molecule has 0 saturated carbocycles. The van der Waals surface area contributed by atoms with E-state index in [-0.39, 0.29) is 47.5 Å². The van der Waals surface area contributed by atoms with E-state index in [9.17, 15) is 14.7 Å². The smallest absolute Gasteiger partial charge is 0.305 e. The van der Waals surface area contributed by atoms with Gasteiger partial charge in [-0.2, -0.15) is 0 Å². The number of ether oxygens (including phenoxy) is 1. The van der Waals surface area contributed by atoms with Gasteiger partial charge in [-0.05, 0) is 44.9 Å². The Balaban J connectivity index is 0.00000676. The van der Waals surface area contributed by atoms with E-state index in [1.54, 1.807) is 0 Å². The number of methoxy groups -OCH3 is 1. The molecule has 1 aliphatic heterocycles. The first-order chi connectivity index (χ1) is 12.6. The zero-order valence-electron chi connectivity index (χ0n) is 17.9. The summed E-state index contributed by atoms with van der Waals surface area (Å²) in [6, 6.07) is 0.298. The monoisotopic (exact) mass is 392 g/mol. The molecule has 1 rings (SSSR count). The van der Waals surface area contributed by atoms with Gasteiger partial charge in [0.1, 0.15) is 0 Å². The van der Waals surface area contributed by atoms with E-state index in [0.717, 1.165) is 70.8 Å². The Kier molecular flexibility index (Phi) is 16.8. The third-order valence-corrected chi connectivity index (χ3v) is 5.42. The first-order valence-corrected chi connectivity index (χ1v) is 10.6. The van der Waals surface area contributed by atoms with E-state index < -0.39 is 0 Å². The average Bonchev–Trinajstić information content (AvgIpc) is 2.64. The van der Waals surface area contributed by atoms with Crippen LogP contribution in [0, 0.1) is 0 Å². The minimum absolute atomic E-state index is 0. The largest absolute Gasteiger partial charge is 0.469 e. The molecule has 0 aromatic heterocycles. The third kappa shape index (κ3) is 12.1. The predicted molar refractivity (Wildman–Crippen MR) is 110 cm³/mol. The van der Waals surface area contributed by atoms with Gasteiger partial charge in [-0.1, -0.05) is 39.0 Å². The summed E-state index contributed by atoms with van der Waals surface area (Å²) in [5.74, 6) is 0.130.